The van der Waals surface area contributed by atoms with E-state index >= 15 is 0 Å². The predicted octanol–water partition coefficient (Wildman–Crippen LogP) is 2.66. The number of methoxy groups -OCH3 is 1. The van der Waals surface area contributed by atoms with Gasteiger partial charge in [-0.3, -0.25) is 9.59 Å². The van der Waals surface area contributed by atoms with Crippen molar-refractivity contribution in [2.75, 3.05) is 18.6 Å². The molecule has 0 saturated heterocycles. The van der Waals surface area contributed by atoms with Crippen LogP contribution < -0.4 is 9.64 Å². The average Bonchev–Trinajstić information content (AvgIpc) is 2.58. The molecular weight excluding hydrogens is 242 g/mol. The number of nitrogens with zero attached hydrogens (tertiary/aromatic N) is 1. The summed E-state index contributed by atoms with van der Waals surface area (Å²) in [5.41, 5.74) is 1.26. The molecule has 1 aromatic carbocycles. The highest BCUT2D eigenvalue weighted by molar-refractivity contribution is 6.52. The summed E-state index contributed by atoms with van der Waals surface area (Å²) in [7, 11) is 1.54. The monoisotopic (exact) mass is 261 g/mol. The van der Waals surface area contributed by atoms with E-state index in [-0.39, 0.29) is 5.41 Å². The quantitative estimate of drug-likeness (QED) is 0.786. The summed E-state index contributed by atoms with van der Waals surface area (Å²) in [5, 5.41) is 0. The Morgan fingerprint density at radius 3 is 2.47 bits per heavy atom. The number of amides is 1. The molecule has 4 nitrogen and oxygen atoms in total. The van der Waals surface area contributed by atoms with Crippen molar-refractivity contribution in [1.29, 1.82) is 0 Å². The summed E-state index contributed by atoms with van der Waals surface area (Å²) in [6.07, 6.45) is 0.845. The lowest BCUT2D eigenvalue weighted by molar-refractivity contribution is -0.114. The largest absolute Gasteiger partial charge is 0.497 e. The van der Waals surface area contributed by atoms with Gasteiger partial charge >= 0.3 is 0 Å². The van der Waals surface area contributed by atoms with E-state index in [2.05, 4.69) is 20.8 Å². The van der Waals surface area contributed by atoms with Crippen LogP contribution in [-0.4, -0.2) is 25.3 Å². The Balaban J connectivity index is 2.29. The third-order valence-corrected chi connectivity index (χ3v) is 3.26. The van der Waals surface area contributed by atoms with Gasteiger partial charge in [0, 0.05) is 6.54 Å². The van der Waals surface area contributed by atoms with Gasteiger partial charge in [0.25, 0.3) is 11.7 Å². The average molecular weight is 261 g/mol. The number of benzene rings is 1. The van der Waals surface area contributed by atoms with Crippen molar-refractivity contribution in [2.24, 2.45) is 5.41 Å². The van der Waals surface area contributed by atoms with Crippen LogP contribution in [0, 0.1) is 5.41 Å². The van der Waals surface area contributed by atoms with Crippen molar-refractivity contribution >= 4 is 17.4 Å². The molecule has 0 radical (unpaired) electrons. The first-order valence-electron chi connectivity index (χ1n) is 6.38. The van der Waals surface area contributed by atoms with Gasteiger partial charge in [0.1, 0.15) is 5.75 Å². The van der Waals surface area contributed by atoms with Crippen molar-refractivity contribution < 1.29 is 14.3 Å². The van der Waals surface area contributed by atoms with Gasteiger partial charge < -0.3 is 9.64 Å². The van der Waals surface area contributed by atoms with Crippen molar-refractivity contribution in [3.05, 3.63) is 23.8 Å². The van der Waals surface area contributed by atoms with Crippen molar-refractivity contribution in [2.45, 2.75) is 27.2 Å². The third-order valence-electron chi connectivity index (χ3n) is 3.26. The van der Waals surface area contributed by atoms with Crippen molar-refractivity contribution in [3.8, 4) is 5.75 Å². The summed E-state index contributed by atoms with van der Waals surface area (Å²) in [6.45, 7) is 6.91. The minimum atomic E-state index is -0.442. The molecule has 1 aromatic rings. The second-order valence-corrected chi connectivity index (χ2v) is 5.98. The van der Waals surface area contributed by atoms with Crippen LogP contribution >= 0.6 is 0 Å². The Morgan fingerprint density at radius 1 is 1.21 bits per heavy atom. The zero-order valence-corrected chi connectivity index (χ0v) is 11.8. The number of ether oxygens (including phenoxy) is 1. The van der Waals surface area contributed by atoms with Gasteiger partial charge in [-0.2, -0.15) is 0 Å². The number of ketones is 1. The fourth-order valence-electron chi connectivity index (χ4n) is 2.08. The molecule has 0 bridgehead atoms. The summed E-state index contributed by atoms with van der Waals surface area (Å²) < 4.78 is 5.09. The molecule has 0 N–H and O–H groups in total. The van der Waals surface area contributed by atoms with Crippen LogP contribution in [0.1, 0.15) is 37.6 Å². The first-order valence-corrected chi connectivity index (χ1v) is 6.38. The maximum Gasteiger partial charge on any atom is 0.299 e. The van der Waals surface area contributed by atoms with E-state index in [1.807, 2.05) is 0 Å². The topological polar surface area (TPSA) is 46.6 Å². The third kappa shape index (κ3) is 2.62. The van der Waals surface area contributed by atoms with E-state index < -0.39 is 11.7 Å². The van der Waals surface area contributed by atoms with Gasteiger partial charge in [0.05, 0.1) is 18.4 Å². The number of anilines is 1. The zero-order chi connectivity index (χ0) is 14.2. The summed E-state index contributed by atoms with van der Waals surface area (Å²) in [5.74, 6) is -0.284. The number of Topliss-reactive ketones (excluding diaryl/α,β-unsaturated/α-hetero) is 1. The van der Waals surface area contributed by atoms with Crippen LogP contribution in [0.3, 0.4) is 0 Å². The zero-order valence-electron chi connectivity index (χ0n) is 11.8. The van der Waals surface area contributed by atoms with Gasteiger partial charge in [-0.05, 0) is 30.0 Å². The van der Waals surface area contributed by atoms with Crippen LogP contribution in [0.5, 0.6) is 5.75 Å². The Morgan fingerprint density at radius 2 is 1.89 bits per heavy atom. The Bertz CT molecular complexity index is 529. The summed E-state index contributed by atoms with van der Waals surface area (Å²) >= 11 is 0. The normalized spacial score (nSPS) is 14.8. The minimum Gasteiger partial charge on any atom is -0.497 e. The number of carbonyl (C=O) groups excluding carboxylic acids is 2. The number of hydrogen-bond acceptors (Lipinski definition) is 3. The van der Waals surface area contributed by atoms with Crippen molar-refractivity contribution in [1.82, 2.24) is 0 Å². The molecule has 19 heavy (non-hydrogen) atoms. The smallest absolute Gasteiger partial charge is 0.299 e. The van der Waals surface area contributed by atoms with Gasteiger partial charge in [0.15, 0.2) is 0 Å². The van der Waals surface area contributed by atoms with E-state index in [1.165, 1.54) is 0 Å². The van der Waals surface area contributed by atoms with Gasteiger partial charge in [-0.1, -0.05) is 20.8 Å². The molecule has 0 unspecified atom stereocenters. The molecule has 0 saturated carbocycles. The molecule has 1 aliphatic heterocycles. The maximum absolute atomic E-state index is 12.0. The first-order chi connectivity index (χ1) is 8.83. The predicted molar refractivity (Wildman–Crippen MR) is 73.7 cm³/mol. The molecule has 0 fully saturated rings. The second kappa shape index (κ2) is 4.68. The molecule has 4 heteroatoms. The minimum absolute atomic E-state index is 0.124. The molecular formula is C15H19NO3. The maximum atomic E-state index is 12.0. The fraction of sp³-hybridized carbons (Fsp3) is 0.467. The Hall–Kier alpha value is -1.84. The number of rotatable bonds is 3. The van der Waals surface area contributed by atoms with E-state index in [0.717, 1.165) is 6.42 Å². The van der Waals surface area contributed by atoms with Crippen LogP contribution in [0.4, 0.5) is 5.69 Å². The molecule has 102 valence electrons. The summed E-state index contributed by atoms with van der Waals surface area (Å²) in [6, 6.07) is 5.18. The standard InChI is InChI=1S/C15H19NO3/c1-15(2,3)7-8-16-12-6-5-10(19-4)9-11(12)13(17)14(16)18/h5-6,9H,7-8H2,1-4H3. The van der Waals surface area contributed by atoms with E-state index in [0.29, 0.717) is 23.5 Å². The number of hydrogen-bond donors (Lipinski definition) is 0. The first kappa shape index (κ1) is 13.6. The van der Waals surface area contributed by atoms with Gasteiger partial charge in [0.2, 0.25) is 0 Å². The van der Waals surface area contributed by atoms with E-state index in [4.69, 9.17) is 4.74 Å². The molecule has 0 aromatic heterocycles. The molecule has 0 atom stereocenters. The molecule has 1 aliphatic rings. The van der Waals surface area contributed by atoms with Crippen LogP contribution in [0.15, 0.2) is 18.2 Å². The van der Waals surface area contributed by atoms with Crippen LogP contribution in [-0.2, 0) is 4.79 Å². The van der Waals surface area contributed by atoms with E-state index in [1.54, 1.807) is 30.2 Å². The Labute approximate surface area is 113 Å². The molecule has 1 heterocycles. The van der Waals surface area contributed by atoms with Gasteiger partial charge in [-0.15, -0.1) is 0 Å². The van der Waals surface area contributed by atoms with Crippen molar-refractivity contribution in [3.63, 3.8) is 0 Å². The van der Waals surface area contributed by atoms with E-state index in [9.17, 15) is 9.59 Å². The molecule has 0 spiro atoms. The van der Waals surface area contributed by atoms with Crippen LogP contribution in [0.25, 0.3) is 0 Å². The summed E-state index contributed by atoms with van der Waals surface area (Å²) in [4.78, 5) is 25.5. The highest BCUT2D eigenvalue weighted by atomic mass is 16.5. The Kier molecular flexibility index (Phi) is 3.35. The number of carbonyl (C=O) groups is 2. The van der Waals surface area contributed by atoms with Gasteiger partial charge in [-0.25, -0.2) is 0 Å². The molecule has 0 aliphatic carbocycles. The number of fused-ring (bicyclic) bond motifs is 1. The molecule has 1 amide bonds. The SMILES string of the molecule is COc1ccc2c(c1)C(=O)C(=O)N2CCC(C)(C)C. The second-order valence-electron chi connectivity index (χ2n) is 5.98. The fourth-order valence-corrected chi connectivity index (χ4v) is 2.08. The lowest BCUT2D eigenvalue weighted by Gasteiger charge is -2.23. The molecule has 2 rings (SSSR count). The highest BCUT2D eigenvalue weighted by Crippen LogP contribution is 2.33. The highest BCUT2D eigenvalue weighted by Gasteiger charge is 2.36. The lowest BCUT2D eigenvalue weighted by atomic mass is 9.92. The lowest BCUT2D eigenvalue weighted by Crippen LogP contribution is -2.32. The van der Waals surface area contributed by atoms with Crippen LogP contribution in [0.2, 0.25) is 0 Å².